The lowest BCUT2D eigenvalue weighted by atomic mass is 10.2. The second-order valence-electron chi connectivity index (χ2n) is 6.08. The van der Waals surface area contributed by atoms with Gasteiger partial charge in [-0.3, -0.25) is 9.52 Å². The van der Waals surface area contributed by atoms with Gasteiger partial charge < -0.3 is 9.64 Å². The van der Waals surface area contributed by atoms with Crippen molar-refractivity contribution in [3.05, 3.63) is 44.1 Å². The second-order valence-corrected chi connectivity index (χ2v) is 9.54. The van der Waals surface area contributed by atoms with Crippen molar-refractivity contribution in [2.24, 2.45) is 0 Å². The largest absolute Gasteiger partial charge is 0.370 e. The molecule has 1 aliphatic rings. The van der Waals surface area contributed by atoms with Crippen LogP contribution in [-0.2, 0) is 26.0 Å². The molecule has 1 aliphatic heterocycles. The van der Waals surface area contributed by atoms with E-state index in [-0.39, 0.29) is 22.4 Å². The van der Waals surface area contributed by atoms with Gasteiger partial charge in [0.15, 0.2) is 0 Å². The summed E-state index contributed by atoms with van der Waals surface area (Å²) in [6.07, 6.45) is 0.550. The van der Waals surface area contributed by atoms with Crippen molar-refractivity contribution in [3.63, 3.8) is 0 Å². The smallest absolute Gasteiger partial charge is 0.263 e. The van der Waals surface area contributed by atoms with Crippen LogP contribution in [0.15, 0.2) is 28.5 Å². The Hall–Kier alpha value is -1.32. The summed E-state index contributed by atoms with van der Waals surface area (Å²) in [6, 6.07) is 4.67. The number of rotatable bonds is 6. The van der Waals surface area contributed by atoms with Crippen LogP contribution < -0.4 is 4.72 Å². The maximum atomic E-state index is 12.8. The fourth-order valence-electron chi connectivity index (χ4n) is 2.87. The van der Waals surface area contributed by atoms with Crippen LogP contribution in [0.3, 0.4) is 0 Å². The SMILES string of the molecule is Cc1cc(Cl)cc(Cl)c1S(=O)(=O)Nc1ccsc1CCN1CCOCC1=O. The molecule has 0 spiro atoms. The van der Waals surface area contributed by atoms with E-state index in [1.165, 1.54) is 17.4 Å². The number of benzene rings is 1. The van der Waals surface area contributed by atoms with Crippen LogP contribution in [-0.4, -0.2) is 45.5 Å². The number of amides is 1. The molecule has 27 heavy (non-hydrogen) atoms. The molecule has 1 amide bonds. The number of hydrogen-bond donors (Lipinski definition) is 1. The molecule has 1 aromatic carbocycles. The monoisotopic (exact) mass is 448 g/mol. The summed E-state index contributed by atoms with van der Waals surface area (Å²) in [6.45, 7) is 3.32. The van der Waals surface area contributed by atoms with Gasteiger partial charge in [0.25, 0.3) is 10.0 Å². The quantitative estimate of drug-likeness (QED) is 0.732. The predicted molar refractivity (Wildman–Crippen MR) is 107 cm³/mol. The van der Waals surface area contributed by atoms with Gasteiger partial charge in [-0.25, -0.2) is 8.42 Å². The topological polar surface area (TPSA) is 75.7 Å². The standard InChI is InChI=1S/C17H18Cl2N2O4S2/c1-11-8-12(18)9-13(19)17(11)27(23,24)20-14-3-7-26-15(14)2-4-21-5-6-25-10-16(21)22/h3,7-9,20H,2,4-6,10H2,1H3. The summed E-state index contributed by atoms with van der Waals surface area (Å²) in [7, 11) is -3.87. The van der Waals surface area contributed by atoms with Gasteiger partial charge in [-0.15, -0.1) is 11.3 Å². The minimum absolute atomic E-state index is 0.00840. The molecule has 0 bridgehead atoms. The van der Waals surface area contributed by atoms with E-state index >= 15 is 0 Å². The number of ether oxygens (including phenoxy) is 1. The molecule has 2 aromatic rings. The van der Waals surface area contributed by atoms with Crippen molar-refractivity contribution < 1.29 is 17.9 Å². The third kappa shape index (κ3) is 4.75. The minimum Gasteiger partial charge on any atom is -0.370 e. The van der Waals surface area contributed by atoms with Gasteiger partial charge in [0.1, 0.15) is 11.5 Å². The summed E-state index contributed by atoms with van der Waals surface area (Å²) in [5, 5.41) is 2.26. The zero-order valence-electron chi connectivity index (χ0n) is 14.5. The first-order valence-corrected chi connectivity index (χ1v) is 11.3. The third-order valence-corrected chi connectivity index (χ3v) is 7.32. The average molecular weight is 449 g/mol. The lowest BCUT2D eigenvalue weighted by molar-refractivity contribution is -0.142. The van der Waals surface area contributed by atoms with E-state index in [4.69, 9.17) is 27.9 Å². The lowest BCUT2D eigenvalue weighted by Crippen LogP contribution is -2.42. The first-order chi connectivity index (χ1) is 12.8. The van der Waals surface area contributed by atoms with E-state index in [9.17, 15) is 13.2 Å². The maximum Gasteiger partial charge on any atom is 0.263 e. The molecule has 1 N–H and O–H groups in total. The minimum atomic E-state index is -3.87. The number of nitrogens with one attached hydrogen (secondary N) is 1. The Bertz CT molecular complexity index is 937. The average Bonchev–Trinajstić information content (AvgIpc) is 2.99. The fraction of sp³-hybridized carbons (Fsp3) is 0.353. The Morgan fingerprint density at radius 1 is 1.33 bits per heavy atom. The van der Waals surface area contributed by atoms with Crippen LogP contribution in [0.25, 0.3) is 0 Å². The van der Waals surface area contributed by atoms with Crippen LogP contribution >= 0.6 is 34.5 Å². The van der Waals surface area contributed by atoms with Crippen molar-refractivity contribution >= 4 is 56.2 Å². The van der Waals surface area contributed by atoms with Gasteiger partial charge in [-0.05, 0) is 36.1 Å². The number of carbonyl (C=O) groups is 1. The highest BCUT2D eigenvalue weighted by Gasteiger charge is 2.24. The van der Waals surface area contributed by atoms with Crippen LogP contribution in [0.5, 0.6) is 0 Å². The number of anilines is 1. The highest BCUT2D eigenvalue weighted by atomic mass is 35.5. The van der Waals surface area contributed by atoms with Gasteiger partial charge in [0.2, 0.25) is 5.91 Å². The highest BCUT2D eigenvalue weighted by Crippen LogP contribution is 2.32. The van der Waals surface area contributed by atoms with E-state index in [1.54, 1.807) is 24.0 Å². The zero-order valence-corrected chi connectivity index (χ0v) is 17.6. The summed E-state index contributed by atoms with van der Waals surface area (Å²) >= 11 is 13.5. The number of halogens is 2. The fourth-order valence-corrected chi connectivity index (χ4v) is 6.04. The zero-order chi connectivity index (χ0) is 19.6. The van der Waals surface area contributed by atoms with Crippen molar-refractivity contribution in [3.8, 4) is 0 Å². The maximum absolute atomic E-state index is 12.8. The number of nitrogens with zero attached hydrogens (tertiary/aromatic N) is 1. The molecule has 0 saturated carbocycles. The summed E-state index contributed by atoms with van der Waals surface area (Å²) in [4.78, 5) is 14.4. The van der Waals surface area contributed by atoms with E-state index in [0.717, 1.165) is 4.88 Å². The Balaban J connectivity index is 1.77. The van der Waals surface area contributed by atoms with Crippen molar-refractivity contribution in [2.75, 3.05) is 31.0 Å². The Kier molecular flexibility index (Phi) is 6.32. The molecule has 6 nitrogen and oxygen atoms in total. The van der Waals surface area contributed by atoms with Crippen LogP contribution in [0.1, 0.15) is 10.4 Å². The number of thiophene rings is 1. The van der Waals surface area contributed by atoms with Gasteiger partial charge in [0.05, 0.1) is 17.3 Å². The lowest BCUT2D eigenvalue weighted by Gasteiger charge is -2.26. The first-order valence-electron chi connectivity index (χ1n) is 8.18. The Morgan fingerprint density at radius 3 is 2.81 bits per heavy atom. The van der Waals surface area contributed by atoms with Gasteiger partial charge in [-0.2, -0.15) is 0 Å². The molecule has 3 rings (SSSR count). The molecule has 1 saturated heterocycles. The number of hydrogen-bond acceptors (Lipinski definition) is 5. The Morgan fingerprint density at radius 2 is 2.11 bits per heavy atom. The third-order valence-electron chi connectivity index (χ3n) is 4.15. The molecule has 0 atom stereocenters. The number of aryl methyl sites for hydroxylation is 1. The van der Waals surface area contributed by atoms with Gasteiger partial charge in [0, 0.05) is 29.4 Å². The van der Waals surface area contributed by atoms with Crippen LogP contribution in [0.2, 0.25) is 10.0 Å². The number of carbonyl (C=O) groups excluding carboxylic acids is 1. The van der Waals surface area contributed by atoms with Crippen LogP contribution in [0.4, 0.5) is 5.69 Å². The number of morpholine rings is 1. The van der Waals surface area contributed by atoms with Crippen molar-refractivity contribution in [2.45, 2.75) is 18.2 Å². The Labute approximate surface area is 172 Å². The summed E-state index contributed by atoms with van der Waals surface area (Å²) in [5.41, 5.74) is 0.960. The molecule has 0 radical (unpaired) electrons. The molecular formula is C17H18Cl2N2O4S2. The van der Waals surface area contributed by atoms with E-state index in [0.29, 0.717) is 42.4 Å². The number of sulfonamides is 1. The molecule has 0 aliphatic carbocycles. The summed E-state index contributed by atoms with van der Waals surface area (Å²) < 4.78 is 33.4. The molecule has 1 aromatic heterocycles. The van der Waals surface area contributed by atoms with Gasteiger partial charge >= 0.3 is 0 Å². The predicted octanol–water partition coefficient (Wildman–Crippen LogP) is 3.57. The van der Waals surface area contributed by atoms with Crippen molar-refractivity contribution in [1.29, 1.82) is 0 Å². The summed E-state index contributed by atoms with van der Waals surface area (Å²) in [5.74, 6) is -0.0523. The normalized spacial score (nSPS) is 15.2. The molecule has 146 valence electrons. The molecule has 0 unspecified atom stereocenters. The molecule has 1 fully saturated rings. The van der Waals surface area contributed by atoms with Gasteiger partial charge in [-0.1, -0.05) is 23.2 Å². The van der Waals surface area contributed by atoms with Crippen LogP contribution in [0, 0.1) is 6.92 Å². The molecule has 2 heterocycles. The second kappa shape index (κ2) is 8.36. The van der Waals surface area contributed by atoms with Crippen molar-refractivity contribution in [1.82, 2.24) is 4.90 Å². The van der Waals surface area contributed by atoms with E-state index < -0.39 is 10.0 Å². The van der Waals surface area contributed by atoms with E-state index in [1.807, 2.05) is 5.38 Å². The van der Waals surface area contributed by atoms with E-state index in [2.05, 4.69) is 4.72 Å². The highest BCUT2D eigenvalue weighted by molar-refractivity contribution is 7.93. The first kappa shape index (κ1) is 20.4. The molecule has 10 heteroatoms. The molecular weight excluding hydrogens is 431 g/mol.